The lowest BCUT2D eigenvalue weighted by Gasteiger charge is -2.57. The van der Waals surface area contributed by atoms with Gasteiger partial charge in [0, 0.05) is 29.5 Å². The first kappa shape index (κ1) is 15.9. The van der Waals surface area contributed by atoms with Crippen LogP contribution in [0.2, 0.25) is 0 Å². The molecule has 5 rings (SSSR count). The summed E-state index contributed by atoms with van der Waals surface area (Å²) in [6.07, 6.45) is 20.0. The Kier molecular flexibility index (Phi) is 3.38. The average molecular weight is 338 g/mol. The second-order valence-corrected chi connectivity index (χ2v) is 9.51. The highest BCUT2D eigenvalue weighted by atomic mass is 15.1. The van der Waals surface area contributed by atoms with E-state index in [0.717, 1.165) is 24.2 Å². The van der Waals surface area contributed by atoms with Crippen molar-refractivity contribution in [3.8, 4) is 0 Å². The fourth-order valence-corrected chi connectivity index (χ4v) is 7.04. The van der Waals surface area contributed by atoms with Gasteiger partial charge in [0.1, 0.15) is 0 Å². The maximum atomic E-state index is 6.29. The highest BCUT2D eigenvalue weighted by Gasteiger charge is 2.56. The molecule has 25 heavy (non-hydrogen) atoms. The summed E-state index contributed by atoms with van der Waals surface area (Å²) in [6, 6.07) is 0.394. The quantitative estimate of drug-likeness (QED) is 0.760. The van der Waals surface area contributed by atoms with Crippen LogP contribution in [0.25, 0.3) is 5.70 Å². The first-order valence-corrected chi connectivity index (χ1v) is 10.2. The first-order valence-electron chi connectivity index (χ1n) is 10.2. The van der Waals surface area contributed by atoms with Crippen molar-refractivity contribution < 1.29 is 0 Å². The number of allylic oxidation sites excluding steroid dienone is 3. The fourth-order valence-electron chi connectivity index (χ4n) is 7.04. The van der Waals surface area contributed by atoms with Gasteiger partial charge in [0.05, 0.1) is 6.33 Å². The van der Waals surface area contributed by atoms with Crippen molar-refractivity contribution in [2.75, 3.05) is 0 Å². The zero-order valence-corrected chi connectivity index (χ0v) is 15.6. The fraction of sp³-hybridized carbons (Fsp3) is 0.682. The second kappa shape index (κ2) is 5.33. The number of fused-ring (bicyclic) bond motifs is 5. The molecule has 0 aliphatic heterocycles. The van der Waals surface area contributed by atoms with Crippen LogP contribution in [0.3, 0.4) is 0 Å². The van der Waals surface area contributed by atoms with Crippen LogP contribution < -0.4 is 5.73 Å². The molecule has 5 unspecified atom stereocenters. The van der Waals surface area contributed by atoms with Crippen molar-refractivity contribution in [2.24, 2.45) is 34.3 Å². The molecule has 1 heterocycles. The van der Waals surface area contributed by atoms with Gasteiger partial charge in [-0.05, 0) is 68.1 Å². The Bertz CT molecular complexity index is 730. The SMILES string of the molecule is CC12CC[C@@H](N)CC1=CCC1C2CCC2(C)C(n3ccnc3)=CCC12. The van der Waals surface area contributed by atoms with E-state index in [0.29, 0.717) is 16.9 Å². The molecule has 6 atom stereocenters. The van der Waals surface area contributed by atoms with Gasteiger partial charge in [0.2, 0.25) is 0 Å². The van der Waals surface area contributed by atoms with Crippen LogP contribution in [-0.4, -0.2) is 15.6 Å². The number of rotatable bonds is 1. The van der Waals surface area contributed by atoms with Gasteiger partial charge in [-0.3, -0.25) is 0 Å². The van der Waals surface area contributed by atoms with Gasteiger partial charge in [-0.25, -0.2) is 4.98 Å². The van der Waals surface area contributed by atoms with E-state index >= 15 is 0 Å². The van der Waals surface area contributed by atoms with E-state index in [1.165, 1.54) is 44.2 Å². The van der Waals surface area contributed by atoms with E-state index in [9.17, 15) is 0 Å². The van der Waals surface area contributed by atoms with Crippen molar-refractivity contribution in [2.45, 2.75) is 64.8 Å². The monoisotopic (exact) mass is 337 g/mol. The minimum atomic E-state index is 0.314. The Morgan fingerprint density at radius 1 is 1.08 bits per heavy atom. The first-order chi connectivity index (χ1) is 12.0. The number of aromatic nitrogens is 2. The summed E-state index contributed by atoms with van der Waals surface area (Å²) in [7, 11) is 0. The summed E-state index contributed by atoms with van der Waals surface area (Å²) >= 11 is 0. The van der Waals surface area contributed by atoms with E-state index in [-0.39, 0.29) is 0 Å². The summed E-state index contributed by atoms with van der Waals surface area (Å²) in [5, 5.41) is 0. The third kappa shape index (κ3) is 2.11. The molecular weight excluding hydrogens is 306 g/mol. The van der Waals surface area contributed by atoms with E-state index in [1.54, 1.807) is 5.57 Å². The lowest BCUT2D eigenvalue weighted by molar-refractivity contribution is -0.0127. The van der Waals surface area contributed by atoms with Crippen LogP contribution in [0.5, 0.6) is 0 Å². The van der Waals surface area contributed by atoms with Crippen LogP contribution in [0.1, 0.15) is 58.8 Å². The molecule has 3 heteroatoms. The maximum absolute atomic E-state index is 6.29. The Labute approximate surface area is 151 Å². The average Bonchev–Trinajstić information content (AvgIpc) is 3.22. The van der Waals surface area contributed by atoms with Crippen molar-refractivity contribution >= 4 is 5.70 Å². The Morgan fingerprint density at radius 3 is 2.72 bits per heavy atom. The summed E-state index contributed by atoms with van der Waals surface area (Å²) in [4.78, 5) is 4.29. The highest BCUT2D eigenvalue weighted by Crippen LogP contribution is 2.65. The van der Waals surface area contributed by atoms with Crippen LogP contribution in [0, 0.1) is 28.6 Å². The van der Waals surface area contributed by atoms with Gasteiger partial charge in [-0.1, -0.05) is 31.6 Å². The number of nitrogens with zero attached hydrogens (tertiary/aromatic N) is 2. The van der Waals surface area contributed by atoms with E-state index in [1.807, 2.05) is 12.5 Å². The van der Waals surface area contributed by atoms with E-state index in [2.05, 4.69) is 41.7 Å². The van der Waals surface area contributed by atoms with Gasteiger partial charge in [0.15, 0.2) is 0 Å². The molecule has 0 spiro atoms. The molecular formula is C22H31N3. The zero-order chi connectivity index (χ0) is 17.2. The molecule has 2 fully saturated rings. The van der Waals surface area contributed by atoms with Crippen LogP contribution in [0.4, 0.5) is 0 Å². The van der Waals surface area contributed by atoms with E-state index < -0.39 is 0 Å². The summed E-state index contributed by atoms with van der Waals surface area (Å²) in [6.45, 7) is 5.08. The molecule has 2 saturated carbocycles. The molecule has 134 valence electrons. The normalized spacial score (nSPS) is 45.9. The third-order valence-corrected chi connectivity index (χ3v) is 8.46. The van der Waals surface area contributed by atoms with Crippen LogP contribution in [0.15, 0.2) is 36.4 Å². The lowest BCUT2D eigenvalue weighted by Crippen LogP contribution is -2.50. The smallest absolute Gasteiger partial charge is 0.0989 e. The lowest BCUT2D eigenvalue weighted by atomic mass is 9.47. The van der Waals surface area contributed by atoms with Gasteiger partial charge >= 0.3 is 0 Å². The molecule has 0 amide bonds. The van der Waals surface area contributed by atoms with E-state index in [4.69, 9.17) is 5.73 Å². The van der Waals surface area contributed by atoms with Gasteiger partial charge < -0.3 is 10.3 Å². The Morgan fingerprint density at radius 2 is 1.92 bits per heavy atom. The topological polar surface area (TPSA) is 43.8 Å². The van der Waals surface area contributed by atoms with Crippen molar-refractivity contribution in [1.29, 1.82) is 0 Å². The standard InChI is InChI=1S/C22H31N3/c1-21-9-7-16(23)13-15(21)3-4-17-18-5-6-20(25-12-11-24-14-25)22(18,2)10-8-19(17)21/h3,6,11-12,14,16-19H,4-5,7-10,13,23H2,1-2H3/t16-,17?,18?,19?,21?,22?/m1/s1. The van der Waals surface area contributed by atoms with Crippen molar-refractivity contribution in [3.63, 3.8) is 0 Å². The number of imidazole rings is 1. The number of nitrogens with two attached hydrogens (primary N) is 1. The third-order valence-electron chi connectivity index (χ3n) is 8.46. The molecule has 1 aromatic heterocycles. The molecule has 4 aliphatic rings. The van der Waals surface area contributed by atoms with Crippen LogP contribution >= 0.6 is 0 Å². The van der Waals surface area contributed by atoms with Gasteiger partial charge in [-0.15, -0.1) is 0 Å². The highest BCUT2D eigenvalue weighted by molar-refractivity contribution is 5.57. The molecule has 1 aromatic rings. The maximum Gasteiger partial charge on any atom is 0.0989 e. The van der Waals surface area contributed by atoms with Crippen molar-refractivity contribution in [3.05, 3.63) is 36.4 Å². The molecule has 0 saturated heterocycles. The second-order valence-electron chi connectivity index (χ2n) is 9.51. The Balaban J connectivity index is 1.48. The predicted molar refractivity (Wildman–Crippen MR) is 102 cm³/mol. The minimum absolute atomic E-state index is 0.314. The van der Waals surface area contributed by atoms with Crippen molar-refractivity contribution in [1.82, 2.24) is 9.55 Å². The number of hydrogen-bond donors (Lipinski definition) is 1. The van der Waals surface area contributed by atoms with Crippen LogP contribution in [-0.2, 0) is 0 Å². The summed E-state index contributed by atoms with van der Waals surface area (Å²) in [5.74, 6) is 2.47. The largest absolute Gasteiger partial charge is 0.327 e. The van der Waals surface area contributed by atoms with Gasteiger partial charge in [0.25, 0.3) is 0 Å². The molecule has 3 nitrogen and oxygen atoms in total. The zero-order valence-electron chi connectivity index (χ0n) is 15.6. The molecule has 0 aromatic carbocycles. The minimum Gasteiger partial charge on any atom is -0.327 e. The molecule has 0 radical (unpaired) electrons. The molecule has 4 aliphatic carbocycles. The van der Waals surface area contributed by atoms with Gasteiger partial charge in [-0.2, -0.15) is 0 Å². The molecule has 2 N–H and O–H groups in total. The summed E-state index contributed by atoms with van der Waals surface area (Å²) < 4.78 is 2.27. The Hall–Kier alpha value is -1.35. The predicted octanol–water partition coefficient (Wildman–Crippen LogP) is 4.62. The number of hydrogen-bond acceptors (Lipinski definition) is 2. The summed E-state index contributed by atoms with van der Waals surface area (Å²) in [5.41, 5.74) is 10.2. The molecule has 0 bridgehead atoms.